The van der Waals surface area contributed by atoms with Crippen molar-refractivity contribution in [2.45, 2.75) is 20.0 Å². The highest BCUT2D eigenvalue weighted by molar-refractivity contribution is 5.98. The third kappa shape index (κ3) is 3.96. The van der Waals surface area contributed by atoms with Crippen LogP contribution in [0, 0.1) is 6.92 Å². The SMILES string of the molecule is COC(=O)c1c(COC(=O)Cc2ccccc2OC)nc2ccccc2c1C. The topological polar surface area (TPSA) is 74.7 Å². The highest BCUT2D eigenvalue weighted by Gasteiger charge is 2.20. The van der Waals surface area contributed by atoms with Gasteiger partial charge < -0.3 is 14.2 Å². The molecule has 3 rings (SSSR count). The summed E-state index contributed by atoms with van der Waals surface area (Å²) in [5.74, 6) is -0.325. The van der Waals surface area contributed by atoms with E-state index in [1.54, 1.807) is 19.2 Å². The molecule has 28 heavy (non-hydrogen) atoms. The van der Waals surface area contributed by atoms with Crippen molar-refractivity contribution in [2.24, 2.45) is 0 Å². The zero-order valence-corrected chi connectivity index (χ0v) is 16.0. The van der Waals surface area contributed by atoms with Gasteiger partial charge in [-0.3, -0.25) is 4.79 Å². The maximum Gasteiger partial charge on any atom is 0.340 e. The minimum atomic E-state index is -0.508. The van der Waals surface area contributed by atoms with Gasteiger partial charge in [0.15, 0.2) is 0 Å². The van der Waals surface area contributed by atoms with E-state index >= 15 is 0 Å². The smallest absolute Gasteiger partial charge is 0.340 e. The molecule has 1 heterocycles. The minimum absolute atomic E-state index is 0.0597. The molecule has 3 aromatic rings. The molecular formula is C22H21NO5. The molecule has 0 saturated heterocycles. The first kappa shape index (κ1) is 19.4. The van der Waals surface area contributed by atoms with Crippen LogP contribution in [0.4, 0.5) is 0 Å². The number of aryl methyl sites for hydroxylation is 1. The summed E-state index contributed by atoms with van der Waals surface area (Å²) in [6, 6.07) is 14.7. The molecule has 0 saturated carbocycles. The third-order valence-corrected chi connectivity index (χ3v) is 4.51. The number of para-hydroxylation sites is 2. The molecule has 2 aromatic carbocycles. The lowest BCUT2D eigenvalue weighted by molar-refractivity contribution is -0.144. The van der Waals surface area contributed by atoms with Gasteiger partial charge >= 0.3 is 11.9 Å². The molecule has 0 aliphatic heterocycles. The Hall–Kier alpha value is -3.41. The number of fused-ring (bicyclic) bond motifs is 1. The van der Waals surface area contributed by atoms with Gasteiger partial charge in [0, 0.05) is 10.9 Å². The molecule has 144 valence electrons. The van der Waals surface area contributed by atoms with E-state index < -0.39 is 11.9 Å². The number of rotatable bonds is 6. The van der Waals surface area contributed by atoms with E-state index in [0.717, 1.165) is 22.0 Å². The van der Waals surface area contributed by atoms with Crippen LogP contribution in [0.25, 0.3) is 10.9 Å². The number of hydrogen-bond acceptors (Lipinski definition) is 6. The Balaban J connectivity index is 1.85. The molecule has 0 aliphatic carbocycles. The number of ether oxygens (including phenoxy) is 3. The van der Waals surface area contributed by atoms with Crippen molar-refractivity contribution >= 4 is 22.8 Å². The molecule has 0 amide bonds. The van der Waals surface area contributed by atoms with E-state index in [1.165, 1.54) is 7.11 Å². The van der Waals surface area contributed by atoms with E-state index in [1.807, 2.05) is 43.3 Å². The Morgan fingerprint density at radius 1 is 1.00 bits per heavy atom. The molecule has 0 unspecified atom stereocenters. The van der Waals surface area contributed by atoms with Crippen LogP contribution < -0.4 is 4.74 Å². The van der Waals surface area contributed by atoms with E-state index in [-0.39, 0.29) is 13.0 Å². The van der Waals surface area contributed by atoms with Crippen molar-refractivity contribution in [1.82, 2.24) is 4.98 Å². The lowest BCUT2D eigenvalue weighted by atomic mass is 10.0. The van der Waals surface area contributed by atoms with Crippen molar-refractivity contribution in [3.8, 4) is 5.75 Å². The second-order valence-corrected chi connectivity index (χ2v) is 6.22. The molecule has 0 spiro atoms. The van der Waals surface area contributed by atoms with E-state index in [9.17, 15) is 9.59 Å². The number of esters is 2. The van der Waals surface area contributed by atoms with Gasteiger partial charge in [-0.25, -0.2) is 9.78 Å². The lowest BCUT2D eigenvalue weighted by Crippen LogP contribution is -2.15. The van der Waals surface area contributed by atoms with Gasteiger partial charge in [0.1, 0.15) is 12.4 Å². The molecule has 1 aromatic heterocycles. The number of benzene rings is 2. The average molecular weight is 379 g/mol. The predicted molar refractivity (Wildman–Crippen MR) is 104 cm³/mol. The Bertz CT molecular complexity index is 1030. The van der Waals surface area contributed by atoms with Crippen molar-refractivity contribution in [1.29, 1.82) is 0 Å². The summed E-state index contributed by atoms with van der Waals surface area (Å²) in [6.07, 6.45) is 0.0597. The molecule has 0 atom stereocenters. The first-order valence-corrected chi connectivity index (χ1v) is 8.79. The monoisotopic (exact) mass is 379 g/mol. The highest BCUT2D eigenvalue weighted by Crippen LogP contribution is 2.24. The predicted octanol–water partition coefficient (Wildman–Crippen LogP) is 3.62. The van der Waals surface area contributed by atoms with Crippen molar-refractivity contribution in [3.63, 3.8) is 0 Å². The molecule has 6 heteroatoms. The number of methoxy groups -OCH3 is 2. The van der Waals surface area contributed by atoms with Gasteiger partial charge in [0.05, 0.1) is 37.4 Å². The zero-order valence-electron chi connectivity index (χ0n) is 16.0. The number of nitrogens with zero attached hydrogens (tertiary/aromatic N) is 1. The summed E-state index contributed by atoms with van der Waals surface area (Å²) in [5.41, 5.74) is 2.89. The van der Waals surface area contributed by atoms with Crippen molar-refractivity contribution in [2.75, 3.05) is 14.2 Å². The minimum Gasteiger partial charge on any atom is -0.496 e. The van der Waals surface area contributed by atoms with Crippen LogP contribution in [0.2, 0.25) is 0 Å². The molecule has 0 fully saturated rings. The summed E-state index contributed by atoms with van der Waals surface area (Å²) < 4.78 is 15.6. The summed E-state index contributed by atoms with van der Waals surface area (Å²) in [4.78, 5) is 29.1. The zero-order chi connectivity index (χ0) is 20.1. The molecule has 0 radical (unpaired) electrons. The molecule has 6 nitrogen and oxygen atoms in total. The number of carbonyl (C=O) groups is 2. The maximum atomic E-state index is 12.3. The van der Waals surface area contributed by atoms with Crippen LogP contribution in [0.3, 0.4) is 0 Å². The van der Waals surface area contributed by atoms with Gasteiger partial charge in [0.25, 0.3) is 0 Å². The summed E-state index contributed by atoms with van der Waals surface area (Å²) in [7, 11) is 2.86. The number of aromatic nitrogens is 1. The fraction of sp³-hybridized carbons (Fsp3) is 0.227. The van der Waals surface area contributed by atoms with E-state index in [0.29, 0.717) is 17.0 Å². The van der Waals surface area contributed by atoms with Crippen LogP contribution >= 0.6 is 0 Å². The Morgan fingerprint density at radius 2 is 1.71 bits per heavy atom. The first-order chi connectivity index (χ1) is 13.5. The quantitative estimate of drug-likeness (QED) is 0.609. The molecule has 0 N–H and O–H groups in total. The van der Waals surface area contributed by atoms with Crippen LogP contribution in [-0.2, 0) is 27.3 Å². The van der Waals surface area contributed by atoms with Crippen LogP contribution in [-0.4, -0.2) is 31.1 Å². The standard InChI is InChI=1S/C22H21NO5/c1-14-16-9-5-6-10-17(16)23-18(21(14)22(25)27-3)13-28-20(24)12-15-8-4-7-11-19(15)26-2/h4-11H,12-13H2,1-3H3. The normalized spacial score (nSPS) is 10.5. The summed E-state index contributed by atoms with van der Waals surface area (Å²) in [5, 5.41) is 0.854. The van der Waals surface area contributed by atoms with Crippen molar-refractivity contribution < 1.29 is 23.8 Å². The van der Waals surface area contributed by atoms with Gasteiger partial charge in [0.2, 0.25) is 0 Å². The second-order valence-electron chi connectivity index (χ2n) is 6.22. The fourth-order valence-electron chi connectivity index (χ4n) is 3.12. The molecule has 0 aliphatic rings. The Morgan fingerprint density at radius 3 is 2.46 bits per heavy atom. The average Bonchev–Trinajstić information content (AvgIpc) is 2.72. The van der Waals surface area contributed by atoms with Gasteiger partial charge in [-0.2, -0.15) is 0 Å². The number of hydrogen-bond donors (Lipinski definition) is 0. The largest absolute Gasteiger partial charge is 0.496 e. The Kier molecular flexibility index (Phi) is 5.89. The summed E-state index contributed by atoms with van der Waals surface area (Å²) >= 11 is 0. The van der Waals surface area contributed by atoms with Gasteiger partial charge in [-0.1, -0.05) is 36.4 Å². The van der Waals surface area contributed by atoms with Crippen LogP contribution in [0.1, 0.15) is 27.2 Å². The first-order valence-electron chi connectivity index (χ1n) is 8.79. The second kappa shape index (κ2) is 8.52. The van der Waals surface area contributed by atoms with E-state index in [2.05, 4.69) is 4.98 Å². The lowest BCUT2D eigenvalue weighted by Gasteiger charge is -2.14. The van der Waals surface area contributed by atoms with Crippen LogP contribution in [0.15, 0.2) is 48.5 Å². The Labute approximate surface area is 163 Å². The molecule has 0 bridgehead atoms. The fourth-order valence-corrected chi connectivity index (χ4v) is 3.12. The summed E-state index contributed by atoms with van der Waals surface area (Å²) in [6.45, 7) is 1.71. The molecular weight excluding hydrogens is 358 g/mol. The maximum absolute atomic E-state index is 12.3. The van der Waals surface area contributed by atoms with E-state index in [4.69, 9.17) is 14.2 Å². The number of pyridine rings is 1. The highest BCUT2D eigenvalue weighted by atomic mass is 16.5. The third-order valence-electron chi connectivity index (χ3n) is 4.51. The van der Waals surface area contributed by atoms with Gasteiger partial charge in [-0.15, -0.1) is 0 Å². The van der Waals surface area contributed by atoms with Crippen molar-refractivity contribution in [3.05, 3.63) is 70.9 Å². The van der Waals surface area contributed by atoms with Gasteiger partial charge in [-0.05, 0) is 24.6 Å². The van der Waals surface area contributed by atoms with Crippen LogP contribution in [0.5, 0.6) is 5.75 Å². The number of carbonyl (C=O) groups excluding carboxylic acids is 2.